The number of hydrogen-bond acceptors (Lipinski definition) is 7. The number of ether oxygens (including phenoxy) is 2. The molecular formula is C24H28N6O3. The van der Waals surface area contributed by atoms with Gasteiger partial charge in [0.1, 0.15) is 23.9 Å². The van der Waals surface area contributed by atoms with E-state index in [0.717, 1.165) is 30.5 Å². The molecular weight excluding hydrogens is 420 g/mol. The second-order valence-electron chi connectivity index (χ2n) is 8.09. The number of amidine groups is 1. The zero-order chi connectivity index (χ0) is 23.5. The molecule has 0 saturated carbocycles. The minimum Gasteiger partial charge on any atom is -0.490 e. The summed E-state index contributed by atoms with van der Waals surface area (Å²) in [5, 5.41) is 17.4. The van der Waals surface area contributed by atoms with Crippen molar-refractivity contribution in [2.24, 2.45) is 0 Å². The summed E-state index contributed by atoms with van der Waals surface area (Å²) in [6, 6.07) is 10.8. The maximum absolute atomic E-state index is 13.4. The van der Waals surface area contributed by atoms with Crippen molar-refractivity contribution in [3.63, 3.8) is 0 Å². The first-order valence-corrected chi connectivity index (χ1v) is 10.9. The van der Waals surface area contributed by atoms with Gasteiger partial charge in [-0.2, -0.15) is 0 Å². The molecule has 4 rings (SSSR count). The maximum Gasteiger partial charge on any atom is 0.264 e. The van der Waals surface area contributed by atoms with Crippen LogP contribution in [-0.2, 0) is 4.74 Å². The summed E-state index contributed by atoms with van der Waals surface area (Å²) < 4.78 is 12.5. The van der Waals surface area contributed by atoms with E-state index in [1.165, 1.54) is 9.47 Å². The van der Waals surface area contributed by atoms with Gasteiger partial charge in [0, 0.05) is 25.9 Å². The number of fused-ring (bicyclic) bond motifs is 2. The van der Waals surface area contributed by atoms with Crippen LogP contribution in [0.5, 0.6) is 5.75 Å². The molecule has 0 fully saturated rings. The SMILES string of the molecule is COCCN1CCOc2cc3c(=O)n(-c4cccc(C(=N)N(C=N)C(C)C)n4)ccc3cc21. The largest absolute Gasteiger partial charge is 0.490 e. The first-order valence-electron chi connectivity index (χ1n) is 10.9. The van der Waals surface area contributed by atoms with Crippen LogP contribution in [0.2, 0.25) is 0 Å². The Bertz CT molecular complexity index is 1250. The summed E-state index contributed by atoms with van der Waals surface area (Å²) in [4.78, 5) is 21.6. The Morgan fingerprint density at radius 3 is 2.88 bits per heavy atom. The molecule has 33 heavy (non-hydrogen) atoms. The number of aromatic nitrogens is 2. The highest BCUT2D eigenvalue weighted by molar-refractivity contribution is 6.01. The van der Waals surface area contributed by atoms with Gasteiger partial charge in [-0.05, 0) is 49.6 Å². The van der Waals surface area contributed by atoms with Crippen molar-refractivity contribution < 1.29 is 9.47 Å². The van der Waals surface area contributed by atoms with Gasteiger partial charge in [0.05, 0.1) is 30.6 Å². The summed E-state index contributed by atoms with van der Waals surface area (Å²) in [7, 11) is 1.68. The van der Waals surface area contributed by atoms with Gasteiger partial charge < -0.3 is 19.3 Å². The van der Waals surface area contributed by atoms with E-state index in [2.05, 4.69) is 9.88 Å². The number of pyridine rings is 2. The maximum atomic E-state index is 13.4. The molecule has 0 radical (unpaired) electrons. The van der Waals surface area contributed by atoms with Crippen LogP contribution in [0.15, 0.2) is 47.4 Å². The molecule has 0 amide bonds. The van der Waals surface area contributed by atoms with Crippen molar-refractivity contribution in [2.45, 2.75) is 19.9 Å². The van der Waals surface area contributed by atoms with Crippen LogP contribution >= 0.6 is 0 Å². The number of nitrogens with one attached hydrogen (secondary N) is 2. The molecule has 9 heteroatoms. The first-order chi connectivity index (χ1) is 15.9. The number of methoxy groups -OCH3 is 1. The number of anilines is 1. The monoisotopic (exact) mass is 448 g/mol. The fourth-order valence-electron chi connectivity index (χ4n) is 3.92. The predicted molar refractivity (Wildman–Crippen MR) is 130 cm³/mol. The molecule has 1 aromatic carbocycles. The number of hydrogen-bond donors (Lipinski definition) is 2. The molecule has 3 aromatic rings. The normalized spacial score (nSPS) is 13.0. The van der Waals surface area contributed by atoms with Gasteiger partial charge in [-0.3, -0.25) is 20.2 Å². The number of benzene rings is 1. The summed E-state index contributed by atoms with van der Waals surface area (Å²) in [6.45, 7) is 6.48. The van der Waals surface area contributed by atoms with Crippen LogP contribution in [-0.4, -0.2) is 66.1 Å². The van der Waals surface area contributed by atoms with Crippen LogP contribution < -0.4 is 15.2 Å². The zero-order valence-electron chi connectivity index (χ0n) is 19.0. The molecule has 9 nitrogen and oxygen atoms in total. The third-order valence-corrected chi connectivity index (χ3v) is 5.69. The highest BCUT2D eigenvalue weighted by atomic mass is 16.5. The molecule has 0 saturated heterocycles. The third kappa shape index (κ3) is 4.31. The van der Waals surface area contributed by atoms with Crippen molar-refractivity contribution in [3.05, 3.63) is 58.6 Å². The molecule has 1 aliphatic rings. The average molecular weight is 449 g/mol. The molecule has 0 bridgehead atoms. The van der Waals surface area contributed by atoms with Gasteiger partial charge in [0.2, 0.25) is 0 Å². The molecule has 0 aliphatic carbocycles. The number of nitrogens with zero attached hydrogens (tertiary/aromatic N) is 4. The topological polar surface area (TPSA) is 108 Å². The van der Waals surface area contributed by atoms with Crippen LogP contribution in [0.4, 0.5) is 5.69 Å². The molecule has 3 heterocycles. The summed E-state index contributed by atoms with van der Waals surface area (Å²) >= 11 is 0. The van der Waals surface area contributed by atoms with E-state index < -0.39 is 0 Å². The Morgan fingerprint density at radius 1 is 1.33 bits per heavy atom. The van der Waals surface area contributed by atoms with Crippen LogP contribution in [0.1, 0.15) is 19.5 Å². The fraction of sp³-hybridized carbons (Fsp3) is 0.333. The van der Waals surface area contributed by atoms with Crippen LogP contribution in [0.25, 0.3) is 16.6 Å². The van der Waals surface area contributed by atoms with Crippen molar-refractivity contribution in [1.82, 2.24) is 14.5 Å². The minimum absolute atomic E-state index is 0.0570. The predicted octanol–water partition coefficient (Wildman–Crippen LogP) is 2.87. The molecule has 0 spiro atoms. The molecule has 172 valence electrons. The van der Waals surface area contributed by atoms with E-state index in [1.54, 1.807) is 37.6 Å². The van der Waals surface area contributed by atoms with E-state index in [1.807, 2.05) is 26.0 Å². The Kier molecular flexibility index (Phi) is 6.41. The van der Waals surface area contributed by atoms with Gasteiger partial charge in [-0.25, -0.2) is 4.98 Å². The number of rotatable bonds is 7. The van der Waals surface area contributed by atoms with E-state index >= 15 is 0 Å². The summed E-state index contributed by atoms with van der Waals surface area (Å²) in [5.41, 5.74) is 1.13. The highest BCUT2D eigenvalue weighted by Crippen LogP contribution is 2.34. The second kappa shape index (κ2) is 9.41. The highest BCUT2D eigenvalue weighted by Gasteiger charge is 2.20. The minimum atomic E-state index is -0.211. The van der Waals surface area contributed by atoms with E-state index in [0.29, 0.717) is 35.9 Å². The molecule has 1 aliphatic heterocycles. The van der Waals surface area contributed by atoms with Crippen LogP contribution in [0, 0.1) is 10.8 Å². The lowest BCUT2D eigenvalue weighted by molar-refractivity contribution is 0.201. The van der Waals surface area contributed by atoms with Crippen molar-refractivity contribution >= 4 is 28.6 Å². The second-order valence-corrected chi connectivity index (χ2v) is 8.09. The Morgan fingerprint density at radius 2 is 2.15 bits per heavy atom. The van der Waals surface area contributed by atoms with E-state index in [-0.39, 0.29) is 17.4 Å². The lowest BCUT2D eigenvalue weighted by atomic mass is 10.1. The van der Waals surface area contributed by atoms with E-state index in [9.17, 15) is 4.79 Å². The van der Waals surface area contributed by atoms with Crippen molar-refractivity contribution in [2.75, 3.05) is 38.3 Å². The Hall–Kier alpha value is -3.72. The third-order valence-electron chi connectivity index (χ3n) is 5.69. The first kappa shape index (κ1) is 22.5. The molecule has 0 unspecified atom stereocenters. The van der Waals surface area contributed by atoms with Gasteiger partial charge >= 0.3 is 0 Å². The molecule has 2 aromatic heterocycles. The molecule has 0 atom stereocenters. The van der Waals surface area contributed by atoms with Gasteiger partial charge in [0.25, 0.3) is 5.56 Å². The zero-order valence-corrected chi connectivity index (χ0v) is 19.0. The van der Waals surface area contributed by atoms with Crippen molar-refractivity contribution in [3.8, 4) is 11.6 Å². The van der Waals surface area contributed by atoms with Crippen LogP contribution in [0.3, 0.4) is 0 Å². The fourth-order valence-corrected chi connectivity index (χ4v) is 3.92. The molecule has 2 N–H and O–H groups in total. The summed E-state index contributed by atoms with van der Waals surface area (Å²) in [5.74, 6) is 1.20. The Labute approximate surface area is 192 Å². The van der Waals surface area contributed by atoms with Gasteiger partial charge in [-0.1, -0.05) is 6.07 Å². The quantitative estimate of drug-likeness (QED) is 0.425. The smallest absolute Gasteiger partial charge is 0.264 e. The van der Waals surface area contributed by atoms with E-state index in [4.69, 9.17) is 20.3 Å². The Balaban J connectivity index is 1.74. The van der Waals surface area contributed by atoms with Gasteiger partial charge in [0.15, 0.2) is 5.84 Å². The van der Waals surface area contributed by atoms with Gasteiger partial charge in [-0.15, -0.1) is 0 Å². The lowest BCUT2D eigenvalue weighted by Gasteiger charge is -2.31. The average Bonchev–Trinajstić information content (AvgIpc) is 2.82. The standard InChI is InChI=1S/C24H28N6O3/c1-16(2)30(15-25)23(26)19-5-4-6-22(27-19)29-8-7-17-13-20-21(14-18(17)24(29)31)33-12-10-28(20)9-11-32-3/h4-8,13-16,25-26H,9-12H2,1-3H3. The summed E-state index contributed by atoms with van der Waals surface area (Å²) in [6.07, 6.45) is 2.81. The van der Waals surface area contributed by atoms with Crippen molar-refractivity contribution in [1.29, 1.82) is 10.8 Å². The lowest BCUT2D eigenvalue weighted by Crippen LogP contribution is -2.36.